The fourth-order valence-corrected chi connectivity index (χ4v) is 2.66. The second-order valence-electron chi connectivity index (χ2n) is 3.91. The van der Waals surface area contributed by atoms with Crippen LogP contribution >= 0.6 is 39.0 Å². The molecule has 0 saturated carbocycles. The lowest BCUT2D eigenvalue weighted by Crippen LogP contribution is -2.21. The highest BCUT2D eigenvalue weighted by atomic mass is 79.9. The van der Waals surface area contributed by atoms with E-state index in [9.17, 15) is 4.79 Å². The Hall–Kier alpha value is -0.850. The monoisotopic (exact) mass is 356 g/mol. The number of anilines is 1. The summed E-state index contributed by atoms with van der Waals surface area (Å²) < 4.78 is 1.04. The number of carbonyl (C=O) groups is 1. The third-order valence-electron chi connectivity index (χ3n) is 2.60. The second kappa shape index (κ2) is 6.54. The second-order valence-corrected chi connectivity index (χ2v) is 6.86. The summed E-state index contributed by atoms with van der Waals surface area (Å²) in [5.41, 5.74) is 1.92. The van der Waals surface area contributed by atoms with Crippen LogP contribution in [-0.2, 0) is 4.79 Å². The highest BCUT2D eigenvalue weighted by Crippen LogP contribution is 2.26. The Kier molecular flexibility index (Phi) is 5.01. The van der Waals surface area contributed by atoms with E-state index in [0.717, 1.165) is 15.7 Å². The van der Waals surface area contributed by atoms with E-state index >= 15 is 0 Å². The maximum absolute atomic E-state index is 11.8. The topological polar surface area (TPSA) is 42.0 Å². The summed E-state index contributed by atoms with van der Waals surface area (Å²) in [6.07, 6.45) is 1.92. The lowest BCUT2D eigenvalue weighted by Gasteiger charge is -2.06. The number of halogens is 1. The molecule has 1 unspecified atom stereocenters. The highest BCUT2D eigenvalue weighted by Gasteiger charge is 2.13. The fraction of sp³-hybridized carbons (Fsp3) is 0.231. The average molecular weight is 357 g/mol. The number of nitrogens with one attached hydrogen (secondary N) is 1. The zero-order chi connectivity index (χ0) is 13.8. The number of hydrogen-bond acceptors (Lipinski definition) is 4. The minimum Gasteiger partial charge on any atom is -0.301 e. The number of thiazole rings is 1. The van der Waals surface area contributed by atoms with Crippen LogP contribution < -0.4 is 5.32 Å². The molecule has 2 rings (SSSR count). The van der Waals surface area contributed by atoms with E-state index in [4.69, 9.17) is 0 Å². The molecule has 2 aromatic rings. The van der Waals surface area contributed by atoms with Gasteiger partial charge in [0.05, 0.1) is 10.9 Å². The van der Waals surface area contributed by atoms with Crippen LogP contribution in [0.1, 0.15) is 6.92 Å². The SMILES string of the molecule is CSC(C)C(=O)Nc1nc(-c2ccc(Br)cc2)cs1. The maximum atomic E-state index is 11.8. The molecule has 3 nitrogen and oxygen atoms in total. The van der Waals surface area contributed by atoms with Crippen molar-refractivity contribution in [1.82, 2.24) is 4.98 Å². The lowest BCUT2D eigenvalue weighted by atomic mass is 10.2. The Bertz CT molecular complexity index is 568. The van der Waals surface area contributed by atoms with Gasteiger partial charge in [-0.25, -0.2) is 4.98 Å². The van der Waals surface area contributed by atoms with Gasteiger partial charge in [0, 0.05) is 15.4 Å². The molecule has 0 saturated heterocycles. The van der Waals surface area contributed by atoms with Crippen molar-refractivity contribution < 1.29 is 4.79 Å². The van der Waals surface area contributed by atoms with Gasteiger partial charge in [0.25, 0.3) is 0 Å². The van der Waals surface area contributed by atoms with E-state index in [-0.39, 0.29) is 11.2 Å². The molecule has 1 aromatic heterocycles. The molecule has 0 aliphatic carbocycles. The summed E-state index contributed by atoms with van der Waals surface area (Å²) in [7, 11) is 0. The molecule has 1 amide bonds. The van der Waals surface area contributed by atoms with Crippen LogP contribution in [0.3, 0.4) is 0 Å². The third-order valence-corrected chi connectivity index (χ3v) is 4.80. The minimum absolute atomic E-state index is 0.00999. The molecule has 0 fully saturated rings. The van der Waals surface area contributed by atoms with Crippen LogP contribution in [-0.4, -0.2) is 22.4 Å². The van der Waals surface area contributed by atoms with Gasteiger partial charge < -0.3 is 5.32 Å². The molecule has 1 aromatic carbocycles. The molecule has 0 aliphatic rings. The Balaban J connectivity index is 2.11. The van der Waals surface area contributed by atoms with Gasteiger partial charge >= 0.3 is 0 Å². The molecule has 0 aliphatic heterocycles. The summed E-state index contributed by atoms with van der Waals surface area (Å²) in [5, 5.41) is 5.35. The summed E-state index contributed by atoms with van der Waals surface area (Å²) in [6, 6.07) is 7.94. The molecule has 1 atom stereocenters. The highest BCUT2D eigenvalue weighted by molar-refractivity contribution is 9.10. The predicted octanol–water partition coefficient (Wildman–Crippen LogP) is 4.26. The summed E-state index contributed by atoms with van der Waals surface area (Å²) in [4.78, 5) is 16.2. The Morgan fingerprint density at radius 1 is 1.42 bits per heavy atom. The lowest BCUT2D eigenvalue weighted by molar-refractivity contribution is -0.115. The smallest absolute Gasteiger partial charge is 0.238 e. The molecular weight excluding hydrogens is 344 g/mol. The molecule has 1 N–H and O–H groups in total. The van der Waals surface area contributed by atoms with Crippen molar-refractivity contribution in [3.63, 3.8) is 0 Å². The average Bonchev–Trinajstić information content (AvgIpc) is 2.87. The van der Waals surface area contributed by atoms with Crippen molar-refractivity contribution in [2.24, 2.45) is 0 Å². The number of rotatable bonds is 4. The molecule has 19 heavy (non-hydrogen) atoms. The van der Waals surface area contributed by atoms with Crippen LogP contribution in [0.5, 0.6) is 0 Å². The quantitative estimate of drug-likeness (QED) is 0.889. The van der Waals surface area contributed by atoms with Gasteiger partial charge in [-0.1, -0.05) is 28.1 Å². The molecule has 0 spiro atoms. The molecular formula is C13H13BrN2OS2. The molecule has 0 bridgehead atoms. The van der Waals surface area contributed by atoms with Crippen molar-refractivity contribution >= 4 is 50.1 Å². The van der Waals surface area contributed by atoms with E-state index in [0.29, 0.717) is 5.13 Å². The van der Waals surface area contributed by atoms with Crippen LogP contribution in [0.15, 0.2) is 34.1 Å². The van der Waals surface area contributed by atoms with Crippen molar-refractivity contribution in [3.8, 4) is 11.3 Å². The van der Waals surface area contributed by atoms with Crippen molar-refractivity contribution in [3.05, 3.63) is 34.1 Å². The molecule has 6 heteroatoms. The number of benzene rings is 1. The number of amides is 1. The predicted molar refractivity (Wildman–Crippen MR) is 86.9 cm³/mol. The van der Waals surface area contributed by atoms with Crippen molar-refractivity contribution in [2.45, 2.75) is 12.2 Å². The summed E-state index contributed by atoms with van der Waals surface area (Å²) >= 11 is 6.36. The van der Waals surface area contributed by atoms with E-state index in [1.807, 2.05) is 42.8 Å². The number of carbonyl (C=O) groups excluding carboxylic acids is 1. The summed E-state index contributed by atoms with van der Waals surface area (Å²) in [6.45, 7) is 1.88. The van der Waals surface area contributed by atoms with Crippen LogP contribution in [0, 0.1) is 0 Å². The fourth-order valence-electron chi connectivity index (χ4n) is 1.40. The zero-order valence-corrected chi connectivity index (χ0v) is 13.7. The molecule has 1 heterocycles. The summed E-state index contributed by atoms with van der Waals surface area (Å²) in [5.74, 6) is -0.00999. The first-order chi connectivity index (χ1) is 9.10. The largest absolute Gasteiger partial charge is 0.301 e. The minimum atomic E-state index is -0.0694. The van der Waals surface area contributed by atoms with Crippen LogP contribution in [0.2, 0.25) is 0 Å². The first kappa shape index (κ1) is 14.6. The first-order valence-electron chi connectivity index (χ1n) is 5.65. The van der Waals surface area contributed by atoms with E-state index in [2.05, 4.69) is 26.2 Å². The van der Waals surface area contributed by atoms with Gasteiger partial charge in [-0.2, -0.15) is 11.8 Å². The first-order valence-corrected chi connectivity index (χ1v) is 8.61. The zero-order valence-electron chi connectivity index (χ0n) is 10.5. The van der Waals surface area contributed by atoms with Crippen molar-refractivity contribution in [2.75, 3.05) is 11.6 Å². The Labute approximate surface area is 129 Å². The number of thioether (sulfide) groups is 1. The van der Waals surface area contributed by atoms with Crippen molar-refractivity contribution in [1.29, 1.82) is 0 Å². The Morgan fingerprint density at radius 2 is 2.11 bits per heavy atom. The standard InChI is InChI=1S/C13H13BrN2OS2/c1-8(18-2)12(17)16-13-15-11(7-19-13)9-3-5-10(14)6-4-9/h3-8H,1-2H3,(H,15,16,17). The number of hydrogen-bond donors (Lipinski definition) is 1. The van der Waals surface area contributed by atoms with Gasteiger partial charge in [0.15, 0.2) is 5.13 Å². The third kappa shape index (κ3) is 3.81. The normalized spacial score (nSPS) is 12.2. The number of aromatic nitrogens is 1. The van der Waals surface area contributed by atoms with E-state index < -0.39 is 0 Å². The van der Waals surface area contributed by atoms with Crippen LogP contribution in [0.25, 0.3) is 11.3 Å². The van der Waals surface area contributed by atoms with Gasteiger partial charge in [-0.05, 0) is 25.3 Å². The van der Waals surface area contributed by atoms with Gasteiger partial charge in [-0.3, -0.25) is 4.79 Å². The van der Waals surface area contributed by atoms with Crippen LogP contribution in [0.4, 0.5) is 5.13 Å². The molecule has 0 radical (unpaired) electrons. The van der Waals surface area contributed by atoms with E-state index in [1.165, 1.54) is 23.1 Å². The van der Waals surface area contributed by atoms with E-state index in [1.54, 1.807) is 0 Å². The molecule has 100 valence electrons. The van der Waals surface area contributed by atoms with Gasteiger partial charge in [-0.15, -0.1) is 11.3 Å². The maximum Gasteiger partial charge on any atom is 0.238 e. The Morgan fingerprint density at radius 3 is 2.74 bits per heavy atom. The number of nitrogens with zero attached hydrogens (tertiary/aromatic N) is 1. The van der Waals surface area contributed by atoms with Gasteiger partial charge in [0.1, 0.15) is 0 Å². The van der Waals surface area contributed by atoms with Gasteiger partial charge in [0.2, 0.25) is 5.91 Å².